The lowest BCUT2D eigenvalue weighted by molar-refractivity contribution is -0.159. The first-order chi connectivity index (χ1) is 13.1. The third-order valence-electron chi connectivity index (χ3n) is 6.43. The zero-order chi connectivity index (χ0) is 22.5. The van der Waals surface area contributed by atoms with Crippen molar-refractivity contribution in [3.8, 4) is 0 Å². The van der Waals surface area contributed by atoms with Crippen molar-refractivity contribution >= 4 is 18.0 Å². The second kappa shape index (κ2) is 7.11. The van der Waals surface area contributed by atoms with Gasteiger partial charge in [0.2, 0.25) is 5.91 Å². The summed E-state index contributed by atoms with van der Waals surface area (Å²) in [6.07, 6.45) is -1.44. The molecular weight excluding hydrogens is 377 g/mol. The van der Waals surface area contributed by atoms with Gasteiger partial charge in [-0.3, -0.25) is 4.79 Å². The minimum Gasteiger partial charge on any atom is -0.480 e. The number of benzene rings is 1. The van der Waals surface area contributed by atoms with Crippen LogP contribution in [0, 0.1) is 34.9 Å². The number of likely N-dealkylation sites (tertiary alicyclic amines) is 1. The van der Waals surface area contributed by atoms with Crippen LogP contribution in [0.4, 0.5) is 9.18 Å². The van der Waals surface area contributed by atoms with Gasteiger partial charge in [0.25, 0.3) is 0 Å². The van der Waals surface area contributed by atoms with E-state index < -0.39 is 52.0 Å². The first kappa shape index (κ1) is 22.8. The predicted octanol–water partition coefficient (Wildman–Crippen LogP) is 4.34. The van der Waals surface area contributed by atoms with E-state index in [1.54, 1.807) is 13.0 Å². The standard InChI is InChI=1S/C22H30FNO5/c1-12-10-14(23)9-8-13(12)11-15-17(25)24(19(28)29)16(18(26)27)22(15,20(2,3)4)21(5,6)7/h8-10,15-16H,11H2,1-7H3,(H,26,27)(H,28,29)/t15-,16+/m0/s1. The van der Waals surface area contributed by atoms with E-state index in [9.17, 15) is 29.0 Å². The van der Waals surface area contributed by atoms with E-state index in [0.717, 1.165) is 0 Å². The fraction of sp³-hybridized carbons (Fsp3) is 0.591. The molecule has 1 aromatic rings. The quantitative estimate of drug-likeness (QED) is 0.777. The third-order valence-corrected chi connectivity index (χ3v) is 6.43. The fourth-order valence-electron chi connectivity index (χ4n) is 5.74. The topological polar surface area (TPSA) is 94.9 Å². The number of amides is 2. The monoisotopic (exact) mass is 407 g/mol. The molecule has 1 aliphatic rings. The van der Waals surface area contributed by atoms with E-state index >= 15 is 0 Å². The van der Waals surface area contributed by atoms with Gasteiger partial charge in [-0.1, -0.05) is 47.6 Å². The van der Waals surface area contributed by atoms with E-state index in [4.69, 9.17) is 0 Å². The summed E-state index contributed by atoms with van der Waals surface area (Å²) in [5.74, 6) is -3.37. The van der Waals surface area contributed by atoms with Gasteiger partial charge in [-0.25, -0.2) is 18.9 Å². The SMILES string of the molecule is Cc1cc(F)ccc1C[C@H]1C(=O)N(C(=O)O)[C@H](C(=O)O)C1(C(C)(C)C)C(C)(C)C. The van der Waals surface area contributed by atoms with Gasteiger partial charge in [0.05, 0.1) is 5.92 Å². The number of halogens is 1. The van der Waals surface area contributed by atoms with Gasteiger partial charge in [-0.15, -0.1) is 0 Å². The molecule has 0 bridgehead atoms. The number of carboxylic acids is 1. The number of rotatable bonds is 3. The number of carboxylic acid groups (broad SMARTS) is 2. The van der Waals surface area contributed by atoms with Gasteiger partial charge < -0.3 is 10.2 Å². The van der Waals surface area contributed by atoms with Crippen molar-refractivity contribution in [3.05, 3.63) is 35.1 Å². The van der Waals surface area contributed by atoms with Crippen molar-refractivity contribution in [1.29, 1.82) is 0 Å². The fourth-order valence-corrected chi connectivity index (χ4v) is 5.74. The molecule has 0 saturated carbocycles. The lowest BCUT2D eigenvalue weighted by Gasteiger charge is -2.56. The molecule has 2 atom stereocenters. The van der Waals surface area contributed by atoms with Crippen LogP contribution in [0.1, 0.15) is 52.7 Å². The van der Waals surface area contributed by atoms with E-state index in [0.29, 0.717) is 16.0 Å². The lowest BCUT2D eigenvalue weighted by atomic mass is 9.46. The van der Waals surface area contributed by atoms with Crippen molar-refractivity contribution in [2.24, 2.45) is 22.2 Å². The minimum atomic E-state index is -1.57. The molecule has 6 nitrogen and oxygen atoms in total. The average molecular weight is 407 g/mol. The summed E-state index contributed by atoms with van der Waals surface area (Å²) in [5.41, 5.74) is -1.34. The highest BCUT2D eigenvalue weighted by atomic mass is 19.1. The maximum absolute atomic E-state index is 13.6. The highest BCUT2D eigenvalue weighted by molar-refractivity contribution is 6.01. The molecule has 0 aromatic heterocycles. The van der Waals surface area contributed by atoms with Gasteiger partial charge in [-0.05, 0) is 47.4 Å². The van der Waals surface area contributed by atoms with Crippen LogP contribution < -0.4 is 0 Å². The first-order valence-electron chi connectivity index (χ1n) is 9.61. The Morgan fingerprint density at radius 3 is 2.00 bits per heavy atom. The molecule has 2 N–H and O–H groups in total. The Balaban J connectivity index is 2.84. The van der Waals surface area contributed by atoms with Crippen LogP contribution in [0.3, 0.4) is 0 Å². The molecule has 1 fully saturated rings. The van der Waals surface area contributed by atoms with Crippen LogP contribution in [0.25, 0.3) is 0 Å². The van der Waals surface area contributed by atoms with E-state index in [2.05, 4.69) is 0 Å². The maximum atomic E-state index is 13.6. The van der Waals surface area contributed by atoms with E-state index in [1.807, 2.05) is 41.5 Å². The Bertz CT molecular complexity index is 836. The Morgan fingerprint density at radius 1 is 1.10 bits per heavy atom. The molecule has 1 aromatic carbocycles. The summed E-state index contributed by atoms with van der Waals surface area (Å²) in [6, 6.07) is 2.70. The van der Waals surface area contributed by atoms with Crippen LogP contribution in [0.2, 0.25) is 0 Å². The summed E-state index contributed by atoms with van der Waals surface area (Å²) in [5, 5.41) is 19.8. The molecule has 0 spiro atoms. The van der Waals surface area contributed by atoms with Crippen LogP contribution in [0.5, 0.6) is 0 Å². The molecule has 0 aliphatic carbocycles. The second-order valence-electron chi connectivity index (χ2n) is 9.93. The second-order valence-corrected chi connectivity index (χ2v) is 9.93. The summed E-state index contributed by atoms with van der Waals surface area (Å²) >= 11 is 0. The summed E-state index contributed by atoms with van der Waals surface area (Å²) < 4.78 is 13.6. The van der Waals surface area contributed by atoms with Crippen molar-refractivity contribution in [2.45, 2.75) is 60.9 Å². The summed E-state index contributed by atoms with van der Waals surface area (Å²) in [7, 11) is 0. The van der Waals surface area contributed by atoms with Crippen LogP contribution in [-0.4, -0.2) is 39.1 Å². The van der Waals surface area contributed by atoms with Crippen LogP contribution in [-0.2, 0) is 16.0 Å². The lowest BCUT2D eigenvalue weighted by Crippen LogP contribution is -2.60. The van der Waals surface area contributed by atoms with Crippen molar-refractivity contribution in [2.75, 3.05) is 0 Å². The Morgan fingerprint density at radius 2 is 1.62 bits per heavy atom. The zero-order valence-corrected chi connectivity index (χ0v) is 18.0. The smallest absolute Gasteiger partial charge is 0.414 e. The summed E-state index contributed by atoms with van der Waals surface area (Å²) in [4.78, 5) is 38.2. The highest BCUT2D eigenvalue weighted by Gasteiger charge is 2.71. The Labute approximate surface area is 170 Å². The molecule has 1 saturated heterocycles. The molecular formula is C22H30FNO5. The molecule has 7 heteroatoms. The molecule has 2 amide bonds. The van der Waals surface area contributed by atoms with Gasteiger partial charge in [0.1, 0.15) is 11.9 Å². The number of aryl methyl sites for hydroxylation is 1. The van der Waals surface area contributed by atoms with E-state index in [1.165, 1.54) is 12.1 Å². The number of nitrogens with zero attached hydrogens (tertiary/aromatic N) is 1. The molecule has 0 unspecified atom stereocenters. The van der Waals surface area contributed by atoms with Crippen molar-refractivity contribution in [3.63, 3.8) is 0 Å². The number of hydrogen-bond donors (Lipinski definition) is 2. The number of carbonyl (C=O) groups is 3. The minimum absolute atomic E-state index is 0.132. The van der Waals surface area contributed by atoms with Crippen molar-refractivity contribution < 1.29 is 29.0 Å². The normalized spacial score (nSPS) is 22.1. The van der Waals surface area contributed by atoms with E-state index in [-0.39, 0.29) is 6.42 Å². The average Bonchev–Trinajstić information content (AvgIpc) is 2.79. The summed E-state index contributed by atoms with van der Waals surface area (Å²) in [6.45, 7) is 12.8. The predicted molar refractivity (Wildman–Crippen MR) is 106 cm³/mol. The van der Waals surface area contributed by atoms with Gasteiger partial charge in [0, 0.05) is 5.41 Å². The number of carbonyl (C=O) groups excluding carboxylic acids is 1. The molecule has 160 valence electrons. The van der Waals surface area contributed by atoms with Crippen LogP contribution in [0.15, 0.2) is 18.2 Å². The molecule has 1 heterocycles. The van der Waals surface area contributed by atoms with Gasteiger partial charge in [-0.2, -0.15) is 0 Å². The van der Waals surface area contributed by atoms with Crippen molar-refractivity contribution in [1.82, 2.24) is 4.90 Å². The third kappa shape index (κ3) is 3.40. The van der Waals surface area contributed by atoms with Crippen LogP contribution >= 0.6 is 0 Å². The largest absolute Gasteiger partial charge is 0.480 e. The first-order valence-corrected chi connectivity index (χ1v) is 9.61. The van der Waals surface area contributed by atoms with Gasteiger partial charge >= 0.3 is 12.1 Å². The number of imide groups is 1. The zero-order valence-electron chi connectivity index (χ0n) is 18.0. The number of aliphatic carboxylic acids is 1. The molecule has 2 rings (SSSR count). The van der Waals surface area contributed by atoms with Gasteiger partial charge in [0.15, 0.2) is 0 Å². The Hall–Kier alpha value is -2.44. The Kier molecular flexibility index (Phi) is 5.60. The molecule has 1 aliphatic heterocycles. The number of hydrogen-bond acceptors (Lipinski definition) is 3. The highest BCUT2D eigenvalue weighted by Crippen LogP contribution is 2.64. The molecule has 29 heavy (non-hydrogen) atoms. The molecule has 0 radical (unpaired) electrons. The maximum Gasteiger partial charge on any atom is 0.414 e.